The summed E-state index contributed by atoms with van der Waals surface area (Å²) in [5.41, 5.74) is 13.4. The minimum atomic E-state index is -0.670. The molecule has 1 aliphatic rings. The second kappa shape index (κ2) is 13.9. The van der Waals surface area contributed by atoms with Crippen LogP contribution in [-0.4, -0.2) is 52.8 Å². The van der Waals surface area contributed by atoms with E-state index in [1.807, 2.05) is 57.9 Å². The Morgan fingerprint density at radius 2 is 1.88 bits per heavy atom. The van der Waals surface area contributed by atoms with Gasteiger partial charge < -0.3 is 26.9 Å². The Hall–Kier alpha value is -3.27. The maximum atomic E-state index is 12.7. The van der Waals surface area contributed by atoms with Crippen LogP contribution < -0.4 is 22.1 Å². The average molecular weight is 686 g/mol. The van der Waals surface area contributed by atoms with Gasteiger partial charge in [-0.05, 0) is 78.1 Å². The Kier molecular flexibility index (Phi) is 10.8. The van der Waals surface area contributed by atoms with E-state index in [-0.39, 0.29) is 11.9 Å². The van der Waals surface area contributed by atoms with Gasteiger partial charge >= 0.3 is 0 Å². The van der Waals surface area contributed by atoms with Crippen molar-refractivity contribution in [2.24, 2.45) is 11.5 Å². The normalized spacial score (nSPS) is 13.9. The first-order chi connectivity index (χ1) is 19.2. The van der Waals surface area contributed by atoms with E-state index in [0.29, 0.717) is 34.3 Å². The average Bonchev–Trinajstić information content (AvgIpc) is 3.28. The molecule has 9 nitrogen and oxygen atoms in total. The van der Waals surface area contributed by atoms with Crippen LogP contribution in [0.5, 0.6) is 0 Å². The molecule has 0 bridgehead atoms. The van der Waals surface area contributed by atoms with Gasteiger partial charge in [0.25, 0.3) is 5.91 Å². The van der Waals surface area contributed by atoms with Crippen molar-refractivity contribution >= 4 is 80.8 Å². The number of nitrogens with zero attached hydrogens (tertiary/aromatic N) is 3. The summed E-state index contributed by atoms with van der Waals surface area (Å²) in [6, 6.07) is 9.82. The molecular weight excluding hydrogens is 657 g/mol. The zero-order valence-electron chi connectivity index (χ0n) is 22.4. The Morgan fingerprint density at radius 3 is 2.58 bits per heavy atom. The van der Waals surface area contributed by atoms with Crippen LogP contribution >= 0.6 is 41.5 Å². The lowest BCUT2D eigenvalue weighted by Crippen LogP contribution is -2.34. The van der Waals surface area contributed by atoms with Gasteiger partial charge in [0.05, 0.1) is 28.1 Å². The third kappa shape index (κ3) is 7.27. The summed E-state index contributed by atoms with van der Waals surface area (Å²) in [6.45, 7) is 8.30. The van der Waals surface area contributed by atoms with Crippen molar-refractivity contribution in [2.45, 2.75) is 32.4 Å². The topological polar surface area (TPSA) is 149 Å². The fourth-order valence-electron chi connectivity index (χ4n) is 3.86. The Bertz CT molecular complexity index is 1680. The Morgan fingerprint density at radius 1 is 1.12 bits per heavy atom. The van der Waals surface area contributed by atoms with Gasteiger partial charge in [-0.15, -0.1) is 11.3 Å². The van der Waals surface area contributed by atoms with Crippen molar-refractivity contribution in [3.8, 4) is 34.4 Å². The van der Waals surface area contributed by atoms with Gasteiger partial charge in [0, 0.05) is 55.3 Å². The molecule has 12 heteroatoms. The summed E-state index contributed by atoms with van der Waals surface area (Å²) in [5.74, 6) is 9.28. The predicted molar refractivity (Wildman–Crippen MR) is 174 cm³/mol. The molecule has 206 valence electrons. The van der Waals surface area contributed by atoms with E-state index in [4.69, 9.17) is 15.5 Å². The number of pyridine rings is 1. The summed E-state index contributed by atoms with van der Waals surface area (Å²) in [7, 11) is 2.88. The number of fused-ring (bicyclic) bond motifs is 5. The molecule has 3 aromatic heterocycles. The third-order valence-corrected chi connectivity index (χ3v) is 7.39. The molecule has 1 atom stereocenters. The summed E-state index contributed by atoms with van der Waals surface area (Å²) < 4.78 is 1.04. The maximum Gasteiger partial charge on any atom is 0.263 e. The number of carbonyl (C=O) groups is 2. The summed E-state index contributed by atoms with van der Waals surface area (Å²) in [4.78, 5) is 35.4. The van der Waals surface area contributed by atoms with Crippen molar-refractivity contribution in [1.82, 2.24) is 20.3 Å². The molecule has 0 saturated carbocycles. The van der Waals surface area contributed by atoms with Crippen LogP contribution in [0.15, 0.2) is 30.3 Å². The summed E-state index contributed by atoms with van der Waals surface area (Å²) in [6.07, 6.45) is 0. The molecule has 5 rings (SSSR count). The number of anilines is 1. The molecule has 1 amide bonds. The van der Waals surface area contributed by atoms with Gasteiger partial charge in [0.1, 0.15) is 17.4 Å². The second-order valence-electron chi connectivity index (χ2n) is 9.00. The molecule has 40 heavy (non-hydrogen) atoms. The van der Waals surface area contributed by atoms with Crippen LogP contribution in [0, 0.1) is 23.0 Å². The van der Waals surface area contributed by atoms with Gasteiger partial charge in [-0.25, -0.2) is 15.0 Å². The van der Waals surface area contributed by atoms with Crippen LogP contribution in [0.4, 0.5) is 5.69 Å². The minimum Gasteiger partial charge on any atom is -0.381 e. The van der Waals surface area contributed by atoms with Gasteiger partial charge in [-0.2, -0.15) is 0 Å². The molecule has 0 aliphatic carbocycles. The first-order valence-electron chi connectivity index (χ1n) is 12.0. The number of nitrogens with two attached hydrogens (primary N) is 2. The molecule has 1 aliphatic heterocycles. The monoisotopic (exact) mass is 685 g/mol. The highest BCUT2D eigenvalue weighted by Crippen LogP contribution is 2.41. The first-order valence-corrected chi connectivity index (χ1v) is 16.2. The van der Waals surface area contributed by atoms with Crippen molar-refractivity contribution in [1.29, 1.82) is 0 Å². The smallest absolute Gasteiger partial charge is 0.263 e. The number of hydrogen-bond acceptors (Lipinski definition) is 10. The SMILES string of the molecule is C=O.CN.C[C@@H]1CNc2c(sc3ccc4nc(-c5cc(C#CSI)nc(C#CC(C)(C)N)n5)ccc4c23)C(=O)N1. The molecule has 0 saturated heterocycles. The highest BCUT2D eigenvalue weighted by Gasteiger charge is 2.24. The number of carbonyl (C=O) groups excluding carboxylic acids is 2. The molecule has 4 aromatic rings. The maximum absolute atomic E-state index is 12.7. The molecule has 0 spiro atoms. The summed E-state index contributed by atoms with van der Waals surface area (Å²) >= 11 is 3.61. The van der Waals surface area contributed by atoms with Crippen molar-refractivity contribution in [3.05, 3.63) is 46.7 Å². The van der Waals surface area contributed by atoms with Crippen molar-refractivity contribution in [3.63, 3.8) is 0 Å². The standard InChI is InChI=1S/C26H21IN6OS2.CH5N.CH2O/c1-14-13-29-23-22-16-4-5-18(32-17(16)6-7-20(22)36-24(23)25(34)30-14)19-12-15(9-11-35-27)31-21(33-19)8-10-26(2,3)28;2*1-2/h4-7,12,14,29H,13,28H2,1-3H3,(H,30,34);2H2,1H3;1H2/t14-;;/m1../s1. The molecule has 6 N–H and O–H groups in total. The molecule has 0 unspecified atom stereocenters. The first kappa shape index (κ1) is 31.3. The van der Waals surface area contributed by atoms with Crippen LogP contribution in [0.2, 0.25) is 0 Å². The third-order valence-electron chi connectivity index (χ3n) is 5.39. The number of thiophene rings is 1. The lowest BCUT2D eigenvalue weighted by Gasteiger charge is -2.10. The van der Waals surface area contributed by atoms with E-state index < -0.39 is 5.54 Å². The number of rotatable bonds is 1. The summed E-state index contributed by atoms with van der Waals surface area (Å²) in [5, 5.41) is 11.4. The number of halogens is 1. The number of nitrogens with one attached hydrogen (secondary N) is 2. The molecule has 4 heterocycles. The van der Waals surface area contributed by atoms with E-state index >= 15 is 0 Å². The zero-order chi connectivity index (χ0) is 29.4. The highest BCUT2D eigenvalue weighted by molar-refractivity contribution is 14.2. The van der Waals surface area contributed by atoms with E-state index in [0.717, 1.165) is 26.7 Å². The van der Waals surface area contributed by atoms with Gasteiger partial charge in [0.15, 0.2) is 0 Å². The lowest BCUT2D eigenvalue weighted by atomic mass is 10.1. The van der Waals surface area contributed by atoms with Crippen LogP contribution in [0.1, 0.15) is 42.0 Å². The van der Waals surface area contributed by atoms with Gasteiger partial charge in [0.2, 0.25) is 5.82 Å². The predicted octanol–water partition coefficient (Wildman–Crippen LogP) is 4.32. The van der Waals surface area contributed by atoms with E-state index in [9.17, 15) is 4.79 Å². The van der Waals surface area contributed by atoms with E-state index in [1.165, 1.54) is 27.3 Å². The molecule has 0 fully saturated rings. The zero-order valence-corrected chi connectivity index (χ0v) is 26.2. The van der Waals surface area contributed by atoms with Crippen LogP contribution in [-0.2, 0) is 4.79 Å². The number of amides is 1. The Labute approximate surface area is 253 Å². The molecule has 0 radical (unpaired) electrons. The van der Waals surface area contributed by atoms with Gasteiger partial charge in [-0.1, -0.05) is 5.92 Å². The number of aromatic nitrogens is 3. The van der Waals surface area contributed by atoms with Crippen LogP contribution in [0.3, 0.4) is 0 Å². The number of hydrogen-bond donors (Lipinski definition) is 4. The lowest BCUT2D eigenvalue weighted by molar-refractivity contribution is -0.0980. The van der Waals surface area contributed by atoms with Crippen LogP contribution in [0.25, 0.3) is 32.4 Å². The molecular formula is C28H28IN7O2S2. The highest BCUT2D eigenvalue weighted by atomic mass is 127. The number of benzene rings is 1. The fraction of sp³-hybridized carbons (Fsp3) is 0.250. The minimum absolute atomic E-state index is 0.0463. The van der Waals surface area contributed by atoms with E-state index in [2.05, 4.69) is 70.6 Å². The fourth-order valence-corrected chi connectivity index (χ4v) is 5.43. The molecule has 1 aromatic carbocycles. The largest absolute Gasteiger partial charge is 0.381 e. The van der Waals surface area contributed by atoms with Crippen molar-refractivity contribution < 1.29 is 9.59 Å². The van der Waals surface area contributed by atoms with Gasteiger partial charge in [-0.3, -0.25) is 4.79 Å². The van der Waals surface area contributed by atoms with Crippen molar-refractivity contribution in [2.75, 3.05) is 18.9 Å². The van der Waals surface area contributed by atoms with E-state index in [1.54, 1.807) is 0 Å². The Balaban J connectivity index is 0.00000106. The second-order valence-corrected chi connectivity index (χ2v) is 11.7. The quantitative estimate of drug-likeness (QED) is 0.170.